The number of hydrogen-bond donors (Lipinski definition) is 1. The maximum Gasteiger partial charge on any atom is 0.319 e. The predicted molar refractivity (Wildman–Crippen MR) is 77.6 cm³/mol. The van der Waals surface area contributed by atoms with Crippen LogP contribution in [-0.2, 0) is 23.9 Å². The van der Waals surface area contributed by atoms with Crippen LogP contribution in [0, 0.1) is 0 Å². The van der Waals surface area contributed by atoms with E-state index >= 15 is 0 Å². The van der Waals surface area contributed by atoms with Crippen molar-refractivity contribution in [2.24, 2.45) is 0 Å². The highest BCUT2D eigenvalue weighted by Gasteiger charge is 2.17. The van der Waals surface area contributed by atoms with Crippen molar-refractivity contribution in [2.45, 2.75) is 39.7 Å². The number of rotatable bonds is 10. The minimum absolute atomic E-state index is 0.0504. The van der Waals surface area contributed by atoms with Crippen LogP contribution in [0.15, 0.2) is 0 Å². The third-order valence-corrected chi connectivity index (χ3v) is 2.82. The quantitative estimate of drug-likeness (QED) is 0.462. The lowest BCUT2D eigenvalue weighted by Gasteiger charge is -2.24. The SMILES string of the molecule is CCOC(=O)CCCNC(=O)CN(CC(=O)OC)C(C)C. The average molecular weight is 302 g/mol. The molecule has 7 nitrogen and oxygen atoms in total. The molecule has 1 amide bonds. The highest BCUT2D eigenvalue weighted by atomic mass is 16.5. The molecule has 0 saturated heterocycles. The van der Waals surface area contributed by atoms with E-state index in [1.54, 1.807) is 11.8 Å². The molecule has 0 bridgehead atoms. The van der Waals surface area contributed by atoms with Crippen molar-refractivity contribution >= 4 is 17.8 Å². The van der Waals surface area contributed by atoms with E-state index < -0.39 is 0 Å². The molecule has 0 aromatic carbocycles. The molecule has 0 heterocycles. The Morgan fingerprint density at radius 1 is 1.14 bits per heavy atom. The summed E-state index contributed by atoms with van der Waals surface area (Å²) >= 11 is 0. The first-order valence-corrected chi connectivity index (χ1v) is 7.13. The minimum Gasteiger partial charge on any atom is -0.468 e. The van der Waals surface area contributed by atoms with Gasteiger partial charge < -0.3 is 14.8 Å². The van der Waals surface area contributed by atoms with E-state index in [1.165, 1.54) is 7.11 Å². The molecule has 7 heteroatoms. The molecular weight excluding hydrogens is 276 g/mol. The number of nitrogens with zero attached hydrogens (tertiary/aromatic N) is 1. The van der Waals surface area contributed by atoms with Gasteiger partial charge in [0.1, 0.15) is 0 Å². The molecule has 0 aliphatic rings. The fourth-order valence-corrected chi connectivity index (χ4v) is 1.59. The van der Waals surface area contributed by atoms with Gasteiger partial charge in [-0.15, -0.1) is 0 Å². The number of methoxy groups -OCH3 is 1. The lowest BCUT2D eigenvalue weighted by molar-refractivity contribution is -0.144. The summed E-state index contributed by atoms with van der Waals surface area (Å²) in [6, 6.07) is 0.0504. The average Bonchev–Trinajstić information content (AvgIpc) is 2.42. The van der Waals surface area contributed by atoms with Crippen LogP contribution in [-0.4, -0.2) is 62.1 Å². The Labute approximate surface area is 126 Å². The Bertz CT molecular complexity index is 344. The number of carbonyl (C=O) groups is 3. The van der Waals surface area contributed by atoms with Gasteiger partial charge in [-0.3, -0.25) is 19.3 Å². The van der Waals surface area contributed by atoms with Crippen LogP contribution < -0.4 is 5.32 Å². The van der Waals surface area contributed by atoms with Crippen molar-refractivity contribution in [3.05, 3.63) is 0 Å². The smallest absolute Gasteiger partial charge is 0.319 e. The van der Waals surface area contributed by atoms with Gasteiger partial charge in [-0.05, 0) is 27.2 Å². The van der Waals surface area contributed by atoms with E-state index in [0.29, 0.717) is 19.6 Å². The molecular formula is C14H26N2O5. The van der Waals surface area contributed by atoms with Gasteiger partial charge in [0.15, 0.2) is 0 Å². The monoisotopic (exact) mass is 302 g/mol. The number of esters is 2. The highest BCUT2D eigenvalue weighted by Crippen LogP contribution is 1.98. The molecule has 0 aliphatic heterocycles. The molecule has 0 atom stereocenters. The second-order valence-corrected chi connectivity index (χ2v) is 4.83. The second-order valence-electron chi connectivity index (χ2n) is 4.83. The van der Waals surface area contributed by atoms with E-state index in [2.05, 4.69) is 10.1 Å². The van der Waals surface area contributed by atoms with E-state index in [4.69, 9.17) is 4.74 Å². The molecule has 0 aromatic heterocycles. The van der Waals surface area contributed by atoms with E-state index in [0.717, 1.165) is 0 Å². The van der Waals surface area contributed by atoms with E-state index in [1.807, 2.05) is 13.8 Å². The van der Waals surface area contributed by atoms with E-state index in [-0.39, 0.29) is 43.4 Å². The summed E-state index contributed by atoms with van der Waals surface area (Å²) in [5.74, 6) is -0.823. The summed E-state index contributed by atoms with van der Waals surface area (Å²) in [5.41, 5.74) is 0. The van der Waals surface area contributed by atoms with Crippen molar-refractivity contribution in [1.82, 2.24) is 10.2 Å². The van der Waals surface area contributed by atoms with Crippen LogP contribution >= 0.6 is 0 Å². The van der Waals surface area contributed by atoms with Crippen LogP contribution in [0.2, 0.25) is 0 Å². The van der Waals surface area contributed by atoms with Gasteiger partial charge >= 0.3 is 11.9 Å². The summed E-state index contributed by atoms with van der Waals surface area (Å²) in [7, 11) is 1.32. The standard InChI is InChI=1S/C14H26N2O5/c1-5-21-13(18)7-6-8-15-12(17)9-16(11(2)3)10-14(19)20-4/h11H,5-10H2,1-4H3,(H,15,17). The van der Waals surface area contributed by atoms with Crippen LogP contribution in [0.1, 0.15) is 33.6 Å². The molecule has 0 fully saturated rings. The van der Waals surface area contributed by atoms with Gasteiger partial charge in [-0.1, -0.05) is 0 Å². The molecule has 21 heavy (non-hydrogen) atoms. The first-order chi connectivity index (χ1) is 9.90. The van der Waals surface area contributed by atoms with Crippen LogP contribution in [0.25, 0.3) is 0 Å². The van der Waals surface area contributed by atoms with Crippen LogP contribution in [0.4, 0.5) is 0 Å². The normalized spacial score (nSPS) is 10.6. The van der Waals surface area contributed by atoms with Crippen LogP contribution in [0.5, 0.6) is 0 Å². The minimum atomic E-state index is -0.376. The Morgan fingerprint density at radius 2 is 1.81 bits per heavy atom. The number of amides is 1. The van der Waals surface area contributed by atoms with Gasteiger partial charge in [0, 0.05) is 19.0 Å². The van der Waals surface area contributed by atoms with Gasteiger partial charge in [0.2, 0.25) is 5.91 Å². The zero-order chi connectivity index (χ0) is 16.3. The fourth-order valence-electron chi connectivity index (χ4n) is 1.59. The summed E-state index contributed by atoms with van der Waals surface area (Å²) in [4.78, 5) is 35.9. The summed E-state index contributed by atoms with van der Waals surface area (Å²) in [6.45, 7) is 6.51. The Morgan fingerprint density at radius 3 is 2.33 bits per heavy atom. The van der Waals surface area contributed by atoms with Gasteiger partial charge in [0.25, 0.3) is 0 Å². The number of carbonyl (C=O) groups excluding carboxylic acids is 3. The summed E-state index contributed by atoms with van der Waals surface area (Å²) in [5, 5.41) is 2.72. The zero-order valence-corrected chi connectivity index (χ0v) is 13.3. The molecule has 1 N–H and O–H groups in total. The number of ether oxygens (including phenoxy) is 2. The maximum atomic E-state index is 11.8. The topological polar surface area (TPSA) is 84.9 Å². The van der Waals surface area contributed by atoms with Crippen molar-refractivity contribution in [3.8, 4) is 0 Å². The number of hydrogen-bond acceptors (Lipinski definition) is 6. The molecule has 0 saturated carbocycles. The summed E-state index contributed by atoms with van der Waals surface area (Å²) in [6.07, 6.45) is 0.813. The molecule has 122 valence electrons. The largest absolute Gasteiger partial charge is 0.468 e. The zero-order valence-electron chi connectivity index (χ0n) is 13.3. The predicted octanol–water partition coefficient (Wildman–Crippen LogP) is 0.329. The van der Waals surface area contributed by atoms with Crippen molar-refractivity contribution in [1.29, 1.82) is 0 Å². The van der Waals surface area contributed by atoms with Crippen molar-refractivity contribution in [3.63, 3.8) is 0 Å². The molecule has 0 aliphatic carbocycles. The molecule has 0 radical (unpaired) electrons. The third-order valence-electron chi connectivity index (χ3n) is 2.82. The van der Waals surface area contributed by atoms with Gasteiger partial charge in [0.05, 0.1) is 26.8 Å². The summed E-state index contributed by atoms with van der Waals surface area (Å²) < 4.78 is 9.39. The number of nitrogens with one attached hydrogen (secondary N) is 1. The molecule has 0 aromatic rings. The fraction of sp³-hybridized carbons (Fsp3) is 0.786. The third kappa shape index (κ3) is 9.84. The highest BCUT2D eigenvalue weighted by molar-refractivity contribution is 5.79. The maximum absolute atomic E-state index is 11.8. The second kappa shape index (κ2) is 11.1. The first-order valence-electron chi connectivity index (χ1n) is 7.13. The Balaban J connectivity index is 3.98. The molecule has 0 spiro atoms. The Hall–Kier alpha value is -1.63. The van der Waals surface area contributed by atoms with E-state index in [9.17, 15) is 14.4 Å². The Kier molecular flexibility index (Phi) is 10.2. The van der Waals surface area contributed by atoms with Crippen LogP contribution in [0.3, 0.4) is 0 Å². The van der Waals surface area contributed by atoms with Crippen molar-refractivity contribution in [2.75, 3.05) is 33.4 Å². The lowest BCUT2D eigenvalue weighted by Crippen LogP contribution is -2.43. The lowest BCUT2D eigenvalue weighted by atomic mass is 10.3. The first kappa shape index (κ1) is 19.4. The molecule has 0 rings (SSSR count). The van der Waals surface area contributed by atoms with Gasteiger partial charge in [-0.2, -0.15) is 0 Å². The van der Waals surface area contributed by atoms with Crippen molar-refractivity contribution < 1.29 is 23.9 Å². The molecule has 0 unspecified atom stereocenters. The van der Waals surface area contributed by atoms with Gasteiger partial charge in [-0.25, -0.2) is 0 Å².